The van der Waals surface area contributed by atoms with Crippen LogP contribution in [-0.2, 0) is 9.53 Å². The van der Waals surface area contributed by atoms with Crippen molar-refractivity contribution in [3.05, 3.63) is 18.2 Å². The summed E-state index contributed by atoms with van der Waals surface area (Å²) in [7, 11) is 0. The monoisotopic (exact) mass is 300 g/mol. The van der Waals surface area contributed by atoms with Crippen LogP contribution in [0.3, 0.4) is 0 Å². The zero-order chi connectivity index (χ0) is 12.1. The van der Waals surface area contributed by atoms with Crippen LogP contribution < -0.4 is 11.1 Å². The predicted molar refractivity (Wildman–Crippen MR) is 64.9 cm³/mol. The molecule has 1 aliphatic heterocycles. The van der Waals surface area contributed by atoms with Gasteiger partial charge in [-0.3, -0.25) is 0 Å². The van der Waals surface area contributed by atoms with Gasteiger partial charge in [-0.2, -0.15) is 0 Å². The molecule has 1 aromatic carbocycles. The van der Waals surface area contributed by atoms with Gasteiger partial charge in [-0.25, -0.2) is 0 Å². The van der Waals surface area contributed by atoms with Crippen molar-refractivity contribution in [1.29, 1.82) is 0 Å². The molecule has 1 amide bonds. The average Bonchev–Trinajstić information content (AvgIpc) is 2.78. The first-order valence-corrected chi connectivity index (χ1v) is 6.63. The van der Waals surface area contributed by atoms with E-state index < -0.39 is 0 Å². The molecule has 2 rings (SSSR count). The van der Waals surface area contributed by atoms with Crippen molar-refractivity contribution in [2.24, 2.45) is 13.7 Å². The molecule has 0 atom stereocenters. The standard InChI is InChI=1S/C10H12N4O2Se/c11-4-5-16-6-9(15)12-7-2-1-3-8-10(7)14-17-13-8/h1-3H,4-6,11H2,(H,12,15). The number of rotatable bonds is 5. The van der Waals surface area contributed by atoms with Crippen LogP contribution in [0.4, 0.5) is 17.1 Å². The molecule has 17 heavy (non-hydrogen) atoms. The topological polar surface area (TPSA) is 89.1 Å². The van der Waals surface area contributed by atoms with Gasteiger partial charge in [-0.1, -0.05) is 0 Å². The van der Waals surface area contributed by atoms with E-state index >= 15 is 0 Å². The summed E-state index contributed by atoms with van der Waals surface area (Å²) in [5.41, 5.74) is 7.55. The van der Waals surface area contributed by atoms with E-state index in [1.165, 1.54) is 0 Å². The number of hydrogen-bond donors (Lipinski definition) is 2. The van der Waals surface area contributed by atoms with Gasteiger partial charge < -0.3 is 0 Å². The number of benzene rings is 1. The summed E-state index contributed by atoms with van der Waals surface area (Å²) in [6.45, 7) is 0.789. The van der Waals surface area contributed by atoms with Crippen LogP contribution in [0.15, 0.2) is 26.1 Å². The van der Waals surface area contributed by atoms with Crippen molar-refractivity contribution in [1.82, 2.24) is 0 Å². The van der Waals surface area contributed by atoms with E-state index in [4.69, 9.17) is 10.5 Å². The normalized spacial score (nSPS) is 12.1. The van der Waals surface area contributed by atoms with Crippen molar-refractivity contribution in [3.63, 3.8) is 0 Å². The second kappa shape index (κ2) is 5.88. The van der Waals surface area contributed by atoms with Crippen molar-refractivity contribution in [2.45, 2.75) is 0 Å². The van der Waals surface area contributed by atoms with Gasteiger partial charge in [0, 0.05) is 0 Å². The molecule has 0 spiro atoms. The van der Waals surface area contributed by atoms with Crippen LogP contribution in [0.1, 0.15) is 0 Å². The van der Waals surface area contributed by atoms with Crippen LogP contribution in [0.25, 0.3) is 0 Å². The molecule has 7 heteroatoms. The Morgan fingerprint density at radius 3 is 3.18 bits per heavy atom. The van der Waals surface area contributed by atoms with Gasteiger partial charge >= 0.3 is 104 Å². The van der Waals surface area contributed by atoms with E-state index in [2.05, 4.69) is 13.2 Å². The van der Waals surface area contributed by atoms with Crippen molar-refractivity contribution in [3.8, 4) is 0 Å². The molecule has 1 aliphatic rings. The fourth-order valence-electron chi connectivity index (χ4n) is 1.34. The third-order valence-corrected chi connectivity index (χ3v) is 3.19. The zero-order valence-electron chi connectivity index (χ0n) is 9.05. The Balaban J connectivity index is 1.98. The number of nitrogens with one attached hydrogen (secondary N) is 1. The molecule has 0 fully saturated rings. The minimum atomic E-state index is -0.207. The Morgan fingerprint density at radius 2 is 2.35 bits per heavy atom. The molecule has 90 valence electrons. The number of ether oxygens (including phenoxy) is 1. The van der Waals surface area contributed by atoms with Crippen LogP contribution in [0.5, 0.6) is 0 Å². The molecule has 0 saturated heterocycles. The molecule has 0 saturated carbocycles. The van der Waals surface area contributed by atoms with Gasteiger partial charge in [0.1, 0.15) is 0 Å². The number of amides is 1. The van der Waals surface area contributed by atoms with E-state index in [1.54, 1.807) is 6.07 Å². The molecule has 1 heterocycles. The number of anilines is 1. The van der Waals surface area contributed by atoms with Crippen molar-refractivity contribution in [2.75, 3.05) is 25.1 Å². The average molecular weight is 299 g/mol. The Labute approximate surface area is 104 Å². The summed E-state index contributed by atoms with van der Waals surface area (Å²) in [4.78, 5) is 11.5. The molecule has 0 radical (unpaired) electrons. The molecule has 3 N–H and O–H groups in total. The van der Waals surface area contributed by atoms with Gasteiger partial charge in [-0.05, 0) is 0 Å². The zero-order valence-corrected chi connectivity index (χ0v) is 10.8. The second-order valence-electron chi connectivity index (χ2n) is 3.33. The summed E-state index contributed by atoms with van der Waals surface area (Å²) in [6.07, 6.45) is 0. The fourth-order valence-corrected chi connectivity index (χ4v) is 2.49. The molecule has 1 aromatic rings. The van der Waals surface area contributed by atoms with E-state index in [0.717, 1.165) is 11.4 Å². The number of nitrogens with zero attached hydrogens (tertiary/aromatic N) is 2. The molecule has 0 aliphatic carbocycles. The van der Waals surface area contributed by atoms with Gasteiger partial charge in [0.05, 0.1) is 0 Å². The van der Waals surface area contributed by atoms with Crippen LogP contribution in [0, 0.1) is 0 Å². The number of fused-ring (bicyclic) bond motifs is 1. The second-order valence-corrected chi connectivity index (χ2v) is 4.44. The Bertz CT molecular complexity index is 497. The van der Waals surface area contributed by atoms with Gasteiger partial charge in [0.2, 0.25) is 0 Å². The molecule has 0 unspecified atom stereocenters. The van der Waals surface area contributed by atoms with Gasteiger partial charge in [-0.15, -0.1) is 0 Å². The third kappa shape index (κ3) is 3.10. The van der Waals surface area contributed by atoms with Crippen molar-refractivity contribution < 1.29 is 9.53 Å². The van der Waals surface area contributed by atoms with Gasteiger partial charge in [0.15, 0.2) is 0 Å². The first-order valence-electron chi connectivity index (χ1n) is 5.10. The summed E-state index contributed by atoms with van der Waals surface area (Å²) in [6, 6.07) is 5.53. The first-order chi connectivity index (χ1) is 8.31. The van der Waals surface area contributed by atoms with Crippen molar-refractivity contribution >= 4 is 37.5 Å². The number of carbonyl (C=O) groups excluding carboxylic acids is 1. The van der Waals surface area contributed by atoms with E-state index in [9.17, 15) is 4.79 Å². The fraction of sp³-hybridized carbons (Fsp3) is 0.300. The summed E-state index contributed by atoms with van der Waals surface area (Å²) in [5.74, 6) is -0.207. The van der Waals surface area contributed by atoms with Gasteiger partial charge in [0.25, 0.3) is 0 Å². The molecular formula is C10H12N4O2Se. The molecule has 6 nitrogen and oxygen atoms in total. The van der Waals surface area contributed by atoms with Crippen LogP contribution >= 0.6 is 0 Å². The maximum absolute atomic E-state index is 11.5. The Hall–Kier alpha value is -1.27. The number of nitrogens with two attached hydrogens (primary N) is 1. The summed E-state index contributed by atoms with van der Waals surface area (Å²) < 4.78 is 13.6. The third-order valence-electron chi connectivity index (χ3n) is 2.06. The SMILES string of the molecule is NCCOCC(=O)Nc1cccc2c1N=[Se]=N2. The predicted octanol–water partition coefficient (Wildman–Crippen LogP) is 0.948. The number of carbonyl (C=O) groups is 1. The Morgan fingerprint density at radius 1 is 1.47 bits per heavy atom. The molecule has 0 bridgehead atoms. The van der Waals surface area contributed by atoms with E-state index in [0.29, 0.717) is 18.8 Å². The molecule has 0 aromatic heterocycles. The van der Waals surface area contributed by atoms with E-state index in [-0.39, 0.29) is 27.1 Å². The minimum absolute atomic E-state index is 0.00313. The van der Waals surface area contributed by atoms with Crippen LogP contribution in [-0.4, -0.2) is 40.2 Å². The summed E-state index contributed by atoms with van der Waals surface area (Å²) >= 11 is -0.0980. The quantitative estimate of drug-likeness (QED) is 0.636. The van der Waals surface area contributed by atoms with E-state index in [1.807, 2.05) is 12.1 Å². The number of hydrogen-bond acceptors (Lipinski definition) is 5. The first kappa shape index (κ1) is 12.2. The summed E-state index contributed by atoms with van der Waals surface area (Å²) in [5, 5.41) is 2.75. The Kier molecular flexibility index (Phi) is 4.22. The van der Waals surface area contributed by atoms with Crippen LogP contribution in [0.2, 0.25) is 0 Å². The maximum atomic E-state index is 11.5. The molecular weight excluding hydrogens is 287 g/mol.